The van der Waals surface area contributed by atoms with Crippen LogP contribution in [0.2, 0.25) is 0 Å². The minimum absolute atomic E-state index is 0.0864. The van der Waals surface area contributed by atoms with Crippen LogP contribution in [-0.4, -0.2) is 216 Å². The quantitative estimate of drug-likeness (QED) is 0.0453. The van der Waals surface area contributed by atoms with Gasteiger partial charge < -0.3 is 99.2 Å². The molecule has 80 heavy (non-hydrogen) atoms. The molecule has 5 aliphatic carbocycles. The van der Waals surface area contributed by atoms with Gasteiger partial charge in [0.05, 0.1) is 44.1 Å². The van der Waals surface area contributed by atoms with Crippen molar-refractivity contribution in [1.29, 1.82) is 0 Å². The first-order valence-corrected chi connectivity index (χ1v) is 28.2. The number of hydrogen-bond acceptors (Lipinski definition) is 22. The maximum Gasteiger partial charge on any atom is 0.335 e. The maximum atomic E-state index is 13.8. The van der Waals surface area contributed by atoms with Gasteiger partial charge in [0.1, 0.15) is 67.1 Å². The van der Waals surface area contributed by atoms with E-state index in [1.54, 1.807) is 39.8 Å². The number of ether oxygens (including phenoxy) is 8. The van der Waals surface area contributed by atoms with E-state index in [0.717, 1.165) is 5.57 Å². The molecular weight excluding hydrogens is 1050 g/mol. The minimum atomic E-state index is -2.15. The van der Waals surface area contributed by atoms with Crippen molar-refractivity contribution in [2.45, 2.75) is 225 Å². The lowest BCUT2D eigenvalue weighted by Gasteiger charge is -2.72. The molecule has 26 atom stereocenters. The van der Waals surface area contributed by atoms with Gasteiger partial charge in [-0.25, -0.2) is 14.4 Å². The Kier molecular flexibility index (Phi) is 18.2. The van der Waals surface area contributed by atoms with Crippen molar-refractivity contribution in [3.05, 3.63) is 34.9 Å². The summed E-state index contributed by atoms with van der Waals surface area (Å²) in [6.07, 6.45) is -21.9. The first-order chi connectivity index (χ1) is 37.5. The first-order valence-electron chi connectivity index (χ1n) is 28.2. The van der Waals surface area contributed by atoms with E-state index in [2.05, 4.69) is 26.8 Å². The second-order valence-corrected chi connectivity index (χ2v) is 25.8. The lowest BCUT2D eigenvalue weighted by molar-refractivity contribution is -0.387. The highest BCUT2D eigenvalue weighted by Gasteiger charge is 2.74. The van der Waals surface area contributed by atoms with Gasteiger partial charge in [0.15, 0.2) is 31.1 Å². The van der Waals surface area contributed by atoms with Gasteiger partial charge in [-0.3, -0.25) is 0 Å². The monoisotopic (exact) mass is 1140 g/mol. The van der Waals surface area contributed by atoms with Crippen molar-refractivity contribution in [2.75, 3.05) is 26.4 Å². The van der Waals surface area contributed by atoms with Crippen LogP contribution in [0.3, 0.4) is 0 Å². The van der Waals surface area contributed by atoms with Crippen molar-refractivity contribution in [3.63, 3.8) is 0 Å². The molecule has 0 aromatic rings. The van der Waals surface area contributed by atoms with Crippen LogP contribution < -0.4 is 0 Å². The molecule has 0 spiro atoms. The lowest BCUT2D eigenvalue weighted by Crippen LogP contribution is -2.72. The molecule has 8 rings (SSSR count). The molecule has 23 nitrogen and oxygen atoms in total. The fraction of sp³-hybridized carbons (Fsp3) is 0.842. The summed E-state index contributed by atoms with van der Waals surface area (Å²) >= 11 is 0. The summed E-state index contributed by atoms with van der Waals surface area (Å²) in [7, 11) is 0. The SMILES string of the molecule is C/C=C(/C)C(=O)O[C@H]1[C@H](OC(=O)/C(C)=C\C)[C@@]2(CO)C(CC1(C)C)C1=CCC3[C@@]4(C)CC[C@H](O[C@@H]5OC(C(=O)O)[C@H](O)[C@H](O[C@@H]6O[C@H](CO)C(O)[C@@H]6O)C5O[C@@H]5OC(CO)[C@H](O)[C@H](O)C5O)[C@](C)(CO)C4CC[C@@]3(C)[C@]1(C)C[C@H]2O. The summed E-state index contributed by atoms with van der Waals surface area (Å²) in [5.41, 5.74) is -3.55. The number of allylic oxidation sites excluding steroid dienone is 4. The van der Waals surface area contributed by atoms with Crippen LogP contribution in [0, 0.1) is 50.2 Å². The second kappa shape index (κ2) is 23.1. The number of fused-ring (bicyclic) bond motifs is 7. The average molecular weight is 1140 g/mol. The third kappa shape index (κ3) is 9.95. The normalized spacial score (nSPS) is 49.3. The lowest BCUT2D eigenvalue weighted by atomic mass is 9.33. The molecule has 3 heterocycles. The third-order valence-electron chi connectivity index (χ3n) is 21.4. The summed E-state index contributed by atoms with van der Waals surface area (Å²) < 4.78 is 49.0. The predicted octanol–water partition coefficient (Wildman–Crippen LogP) is 0.264. The highest BCUT2D eigenvalue weighted by Crippen LogP contribution is 2.76. The van der Waals surface area contributed by atoms with Crippen molar-refractivity contribution < 1.29 is 114 Å². The van der Waals surface area contributed by atoms with Gasteiger partial charge in [0, 0.05) is 22.0 Å². The molecule has 0 aromatic carbocycles. The minimum Gasteiger partial charge on any atom is -0.479 e. The second-order valence-electron chi connectivity index (χ2n) is 25.8. The summed E-state index contributed by atoms with van der Waals surface area (Å²) in [5, 5.41) is 133. The largest absolute Gasteiger partial charge is 0.479 e. The number of esters is 2. The van der Waals surface area contributed by atoms with Crippen LogP contribution in [0.4, 0.5) is 0 Å². The number of carbonyl (C=O) groups is 3. The molecule has 0 bridgehead atoms. The molecule has 454 valence electrons. The molecule has 0 amide bonds. The molecular formula is C57H88O23. The summed E-state index contributed by atoms with van der Waals surface area (Å²) in [4.78, 5) is 40.3. The van der Waals surface area contributed by atoms with Gasteiger partial charge in [0.25, 0.3) is 0 Å². The van der Waals surface area contributed by atoms with Crippen molar-refractivity contribution in [2.24, 2.45) is 50.2 Å². The standard InChI is InChI=1S/C57H88O23/c1-11-25(3)47(71)79-44-45(80-48(72)26(4)12-2)57(24-61)28(19-52(44,5)6)27-13-14-32-53(7)17-16-34(54(8,23-60)31(53)15-18-55(32,9)56(27,10)20-33(57)62)75-51-43(78-50-39(67)37(65)35(63)29(21-58)73-50)41(40(68)42(77-51)46(69)70)76-49-38(66)36(64)30(22-59)74-49/h11-13,28-45,49-51,58-68H,14-24H2,1-10H3,(H,69,70)/b25-11-,26-12-/t28?,29?,30-,31?,32?,33-,34+,35+,36?,37+,38+,39?,40-,41+,42?,43?,44+,45+,49+,50+,51-,53+,54-,55-,56-,57+/m1/s1. The van der Waals surface area contributed by atoms with Crippen molar-refractivity contribution in [3.8, 4) is 0 Å². The van der Waals surface area contributed by atoms with E-state index in [9.17, 15) is 75.7 Å². The Morgan fingerprint density at radius 2 is 1.19 bits per heavy atom. The van der Waals surface area contributed by atoms with Crippen LogP contribution in [0.25, 0.3) is 0 Å². The number of carboxylic acids is 1. The predicted molar refractivity (Wildman–Crippen MR) is 277 cm³/mol. The van der Waals surface area contributed by atoms with Gasteiger partial charge >= 0.3 is 17.9 Å². The van der Waals surface area contributed by atoms with Gasteiger partial charge in [-0.15, -0.1) is 0 Å². The van der Waals surface area contributed by atoms with E-state index < -0.39 is 193 Å². The van der Waals surface area contributed by atoms with E-state index in [4.69, 9.17) is 37.9 Å². The fourth-order valence-corrected chi connectivity index (χ4v) is 16.2. The zero-order valence-corrected chi connectivity index (χ0v) is 47.5. The molecule has 0 radical (unpaired) electrons. The molecule has 8 aliphatic rings. The number of aliphatic hydroxyl groups is 11. The van der Waals surface area contributed by atoms with E-state index in [1.165, 1.54) is 0 Å². The molecule has 4 saturated carbocycles. The molecule has 3 aliphatic heterocycles. The fourth-order valence-electron chi connectivity index (χ4n) is 16.2. The Balaban J connectivity index is 1.14. The molecule has 7 fully saturated rings. The van der Waals surface area contributed by atoms with Crippen molar-refractivity contribution >= 4 is 17.9 Å². The topological polar surface area (TPSA) is 368 Å². The number of hydrogen-bond donors (Lipinski definition) is 12. The van der Waals surface area contributed by atoms with Gasteiger partial charge in [-0.2, -0.15) is 0 Å². The zero-order valence-electron chi connectivity index (χ0n) is 47.5. The molecule has 0 aromatic heterocycles. The molecule has 3 saturated heterocycles. The molecule has 8 unspecified atom stereocenters. The van der Waals surface area contributed by atoms with Crippen LogP contribution in [0.5, 0.6) is 0 Å². The van der Waals surface area contributed by atoms with Crippen LogP contribution in [-0.2, 0) is 52.3 Å². The number of aliphatic hydroxyl groups excluding tert-OH is 11. The molecule has 12 N–H and O–H groups in total. The van der Waals surface area contributed by atoms with E-state index in [0.29, 0.717) is 43.3 Å². The third-order valence-corrected chi connectivity index (χ3v) is 21.4. The van der Waals surface area contributed by atoms with Crippen LogP contribution in [0.1, 0.15) is 114 Å². The number of carbonyl (C=O) groups excluding carboxylic acids is 2. The highest BCUT2D eigenvalue weighted by atomic mass is 16.8. The Morgan fingerprint density at radius 3 is 1.73 bits per heavy atom. The average Bonchev–Trinajstić information content (AvgIpc) is 3.85. The van der Waals surface area contributed by atoms with Gasteiger partial charge in [-0.05, 0) is 107 Å². The number of carboxylic acid groups (broad SMARTS) is 1. The number of rotatable bonds is 15. The summed E-state index contributed by atoms with van der Waals surface area (Å²) in [5.74, 6) is -3.87. The Hall–Kier alpha value is -3.05. The Morgan fingerprint density at radius 1 is 0.637 bits per heavy atom. The maximum absolute atomic E-state index is 13.8. The Labute approximate surface area is 466 Å². The smallest absolute Gasteiger partial charge is 0.335 e. The Bertz CT molecular complexity index is 2380. The van der Waals surface area contributed by atoms with E-state index >= 15 is 0 Å². The highest BCUT2D eigenvalue weighted by molar-refractivity contribution is 5.89. The van der Waals surface area contributed by atoms with Crippen LogP contribution >= 0.6 is 0 Å². The van der Waals surface area contributed by atoms with Gasteiger partial charge in [-0.1, -0.05) is 65.3 Å². The molecule has 23 heteroatoms. The summed E-state index contributed by atoms with van der Waals surface area (Å²) in [6.45, 7) is 16.4. The number of aliphatic carboxylic acids is 1. The first kappa shape index (κ1) is 63.0. The van der Waals surface area contributed by atoms with E-state index in [-0.39, 0.29) is 24.7 Å². The van der Waals surface area contributed by atoms with Crippen LogP contribution in [0.15, 0.2) is 34.9 Å². The van der Waals surface area contributed by atoms with Crippen molar-refractivity contribution in [1.82, 2.24) is 0 Å². The zero-order chi connectivity index (χ0) is 59.1. The van der Waals surface area contributed by atoms with E-state index in [1.807, 2.05) is 20.8 Å². The van der Waals surface area contributed by atoms with Gasteiger partial charge in [0.2, 0.25) is 0 Å². The summed E-state index contributed by atoms with van der Waals surface area (Å²) in [6, 6.07) is 0.